The van der Waals surface area contributed by atoms with Crippen molar-refractivity contribution in [3.8, 4) is 11.5 Å². The van der Waals surface area contributed by atoms with Gasteiger partial charge in [-0.3, -0.25) is 24.0 Å². The fourth-order valence-corrected chi connectivity index (χ4v) is 4.35. The Morgan fingerprint density at radius 2 is 1.90 bits per heavy atom. The highest BCUT2D eigenvalue weighted by Gasteiger charge is 2.28. The molecule has 0 aromatic heterocycles. The molecule has 12 heteroatoms. The molecule has 3 rings (SSSR count). The zero-order valence-corrected chi connectivity index (χ0v) is 23.3. The van der Waals surface area contributed by atoms with Gasteiger partial charge in [0.1, 0.15) is 30.2 Å². The molecule has 41 heavy (non-hydrogen) atoms. The van der Waals surface area contributed by atoms with E-state index in [2.05, 4.69) is 16.0 Å². The lowest BCUT2D eigenvalue weighted by atomic mass is 10.1. The van der Waals surface area contributed by atoms with Crippen LogP contribution in [0.15, 0.2) is 48.5 Å². The van der Waals surface area contributed by atoms with Gasteiger partial charge in [0.15, 0.2) is 0 Å². The number of likely N-dealkylation sites (N-methyl/N-ethyl adjacent to an activating group) is 1. The molecular formula is C29H37N5O7. The van der Waals surface area contributed by atoms with E-state index in [0.29, 0.717) is 19.4 Å². The Morgan fingerprint density at radius 1 is 1.12 bits per heavy atom. The second kappa shape index (κ2) is 15.2. The Hall–Kier alpha value is -4.61. The summed E-state index contributed by atoms with van der Waals surface area (Å²) in [6.07, 6.45) is 0.723. The molecule has 0 aliphatic carbocycles. The SMILES string of the molecule is COc1cccc(CCCNC(=O)[C@@H]2CCC(=O)N[C@@H](CC(N)=O)C(=O)N(C)CCOc3ccccc3C(=O)N2)c1. The molecule has 1 heterocycles. The number of nitrogens with zero attached hydrogens (tertiary/aromatic N) is 1. The van der Waals surface area contributed by atoms with Crippen molar-refractivity contribution in [2.24, 2.45) is 5.73 Å². The molecule has 2 atom stereocenters. The molecule has 0 radical (unpaired) electrons. The maximum atomic E-state index is 13.2. The number of para-hydroxylation sites is 1. The molecule has 12 nitrogen and oxygen atoms in total. The number of fused-ring (bicyclic) bond motifs is 1. The van der Waals surface area contributed by atoms with E-state index in [1.54, 1.807) is 31.4 Å². The van der Waals surface area contributed by atoms with Crippen LogP contribution in [-0.4, -0.2) is 80.4 Å². The van der Waals surface area contributed by atoms with E-state index in [9.17, 15) is 24.0 Å². The molecule has 2 aromatic carbocycles. The number of nitrogens with one attached hydrogen (secondary N) is 3. The highest BCUT2D eigenvalue weighted by molar-refractivity contribution is 6.00. The molecule has 0 saturated heterocycles. The maximum Gasteiger partial charge on any atom is 0.255 e. The number of benzene rings is 2. The number of hydrogen-bond acceptors (Lipinski definition) is 7. The summed E-state index contributed by atoms with van der Waals surface area (Å²) in [5.74, 6) is -1.79. The molecule has 0 spiro atoms. The lowest BCUT2D eigenvalue weighted by Gasteiger charge is -2.24. The first-order valence-corrected chi connectivity index (χ1v) is 13.4. The minimum absolute atomic E-state index is 0.0426. The van der Waals surface area contributed by atoms with Gasteiger partial charge in [-0.05, 0) is 49.1 Å². The number of hydrogen-bond donors (Lipinski definition) is 4. The van der Waals surface area contributed by atoms with Crippen LogP contribution in [0.5, 0.6) is 11.5 Å². The number of methoxy groups -OCH3 is 1. The molecular weight excluding hydrogens is 530 g/mol. The molecule has 0 bridgehead atoms. The highest BCUT2D eigenvalue weighted by Crippen LogP contribution is 2.19. The Bertz CT molecular complexity index is 1250. The third-order valence-electron chi connectivity index (χ3n) is 6.59. The van der Waals surface area contributed by atoms with Crippen LogP contribution in [-0.2, 0) is 25.6 Å². The molecule has 1 aliphatic heterocycles. The molecule has 5 N–H and O–H groups in total. The van der Waals surface area contributed by atoms with Crippen molar-refractivity contribution in [2.75, 3.05) is 33.9 Å². The quantitative estimate of drug-likeness (QED) is 0.337. The van der Waals surface area contributed by atoms with E-state index in [4.69, 9.17) is 15.2 Å². The molecule has 5 amide bonds. The van der Waals surface area contributed by atoms with E-state index < -0.39 is 41.6 Å². The van der Waals surface area contributed by atoms with Gasteiger partial charge in [0.05, 0.1) is 25.6 Å². The minimum atomic E-state index is -1.17. The van der Waals surface area contributed by atoms with Gasteiger partial charge < -0.3 is 36.1 Å². The average molecular weight is 568 g/mol. The van der Waals surface area contributed by atoms with Gasteiger partial charge >= 0.3 is 0 Å². The molecule has 2 aromatic rings. The van der Waals surface area contributed by atoms with E-state index >= 15 is 0 Å². The van der Waals surface area contributed by atoms with Crippen molar-refractivity contribution in [3.63, 3.8) is 0 Å². The van der Waals surface area contributed by atoms with Crippen molar-refractivity contribution >= 4 is 29.5 Å². The van der Waals surface area contributed by atoms with Gasteiger partial charge in [-0.15, -0.1) is 0 Å². The number of ether oxygens (including phenoxy) is 2. The second-order valence-corrected chi connectivity index (χ2v) is 9.71. The Labute approximate surface area is 238 Å². The van der Waals surface area contributed by atoms with Crippen LogP contribution in [0.2, 0.25) is 0 Å². The number of aryl methyl sites for hydroxylation is 1. The van der Waals surface area contributed by atoms with E-state index in [1.165, 1.54) is 11.9 Å². The summed E-state index contributed by atoms with van der Waals surface area (Å²) in [6.45, 7) is 0.511. The van der Waals surface area contributed by atoms with Crippen molar-refractivity contribution in [1.82, 2.24) is 20.9 Å². The van der Waals surface area contributed by atoms with E-state index in [0.717, 1.165) is 11.3 Å². The normalized spacial score (nSPS) is 18.5. The largest absolute Gasteiger partial charge is 0.497 e. The van der Waals surface area contributed by atoms with Crippen molar-refractivity contribution in [2.45, 2.75) is 44.2 Å². The number of primary amides is 1. The number of amides is 5. The fourth-order valence-electron chi connectivity index (χ4n) is 4.35. The summed E-state index contributed by atoms with van der Waals surface area (Å²) in [5, 5.41) is 8.09. The Balaban J connectivity index is 1.74. The number of rotatable bonds is 8. The zero-order chi connectivity index (χ0) is 29.8. The standard InChI is InChI=1S/C29H37N5O7/c1-34-15-16-41-24-11-4-3-10-21(24)27(37)33-22(12-13-26(36)32-23(29(34)39)18-25(30)35)28(38)31-14-6-8-19-7-5-9-20(17-19)40-2/h3-5,7,9-11,17,22-23H,6,8,12-16,18H2,1-2H3,(H2,30,35)(H,31,38)(H,32,36)(H,33,37)/t22-,23-/m0/s1. The summed E-state index contributed by atoms with van der Waals surface area (Å²) in [4.78, 5) is 64.9. The first-order chi connectivity index (χ1) is 19.7. The van der Waals surface area contributed by atoms with Gasteiger partial charge in [-0.1, -0.05) is 24.3 Å². The molecule has 0 saturated carbocycles. The van der Waals surface area contributed by atoms with Crippen molar-refractivity contribution in [3.05, 3.63) is 59.7 Å². The molecule has 0 fully saturated rings. The van der Waals surface area contributed by atoms with Crippen LogP contribution in [0.4, 0.5) is 0 Å². The number of nitrogens with two attached hydrogens (primary N) is 1. The summed E-state index contributed by atoms with van der Waals surface area (Å²) < 4.78 is 11.0. The Morgan fingerprint density at radius 3 is 2.66 bits per heavy atom. The van der Waals surface area contributed by atoms with Crippen LogP contribution < -0.4 is 31.2 Å². The lowest BCUT2D eigenvalue weighted by Crippen LogP contribution is -2.50. The van der Waals surface area contributed by atoms with Crippen LogP contribution in [0.25, 0.3) is 0 Å². The first kappa shape index (κ1) is 30.9. The lowest BCUT2D eigenvalue weighted by molar-refractivity contribution is -0.137. The zero-order valence-electron chi connectivity index (χ0n) is 23.3. The minimum Gasteiger partial charge on any atom is -0.497 e. The Kier molecular flexibility index (Phi) is 11.5. The predicted molar refractivity (Wildman–Crippen MR) is 150 cm³/mol. The smallest absolute Gasteiger partial charge is 0.255 e. The van der Waals surface area contributed by atoms with Crippen LogP contribution in [0, 0.1) is 0 Å². The fraction of sp³-hybridized carbons (Fsp3) is 0.414. The summed E-state index contributed by atoms with van der Waals surface area (Å²) in [5.41, 5.74) is 6.57. The van der Waals surface area contributed by atoms with Crippen molar-refractivity contribution in [1.29, 1.82) is 0 Å². The third-order valence-corrected chi connectivity index (χ3v) is 6.59. The molecule has 0 unspecified atom stereocenters. The monoisotopic (exact) mass is 567 g/mol. The summed E-state index contributed by atoms with van der Waals surface area (Å²) in [7, 11) is 3.11. The highest BCUT2D eigenvalue weighted by atomic mass is 16.5. The topological polar surface area (TPSA) is 169 Å². The maximum absolute atomic E-state index is 13.2. The molecule has 220 valence electrons. The van der Waals surface area contributed by atoms with Crippen molar-refractivity contribution < 1.29 is 33.4 Å². The van der Waals surface area contributed by atoms with Crippen LogP contribution in [0.3, 0.4) is 0 Å². The summed E-state index contributed by atoms with van der Waals surface area (Å²) in [6, 6.07) is 12.0. The van der Waals surface area contributed by atoms with Gasteiger partial charge in [-0.25, -0.2) is 0 Å². The number of carbonyl (C=O) groups is 5. The average Bonchev–Trinajstić information content (AvgIpc) is 2.96. The van der Waals surface area contributed by atoms with Crippen LogP contribution in [0.1, 0.15) is 41.6 Å². The van der Waals surface area contributed by atoms with E-state index in [1.807, 2.05) is 24.3 Å². The third kappa shape index (κ3) is 9.52. The second-order valence-electron chi connectivity index (χ2n) is 9.71. The molecule has 1 aliphatic rings. The van der Waals surface area contributed by atoms with Gasteiger partial charge in [0.2, 0.25) is 23.6 Å². The van der Waals surface area contributed by atoms with Crippen LogP contribution >= 0.6 is 0 Å². The summed E-state index contributed by atoms with van der Waals surface area (Å²) >= 11 is 0. The number of carbonyl (C=O) groups excluding carboxylic acids is 5. The van der Waals surface area contributed by atoms with Gasteiger partial charge in [-0.2, -0.15) is 0 Å². The first-order valence-electron chi connectivity index (χ1n) is 13.4. The van der Waals surface area contributed by atoms with Gasteiger partial charge in [0, 0.05) is 20.0 Å². The van der Waals surface area contributed by atoms with Gasteiger partial charge in [0.25, 0.3) is 5.91 Å². The predicted octanol–water partition coefficient (Wildman–Crippen LogP) is 0.534. The van der Waals surface area contributed by atoms with E-state index in [-0.39, 0.29) is 43.7 Å².